The second-order valence-electron chi connectivity index (χ2n) is 5.40. The van der Waals surface area contributed by atoms with Crippen molar-refractivity contribution in [2.75, 3.05) is 38.2 Å². The van der Waals surface area contributed by atoms with Crippen LogP contribution in [-0.2, 0) is 11.4 Å². The molecule has 0 unspecified atom stereocenters. The molecule has 1 aliphatic heterocycles. The van der Waals surface area contributed by atoms with Crippen LogP contribution in [0.25, 0.3) is 0 Å². The van der Waals surface area contributed by atoms with Crippen molar-refractivity contribution in [2.24, 2.45) is 0 Å². The predicted octanol–water partition coefficient (Wildman–Crippen LogP) is 0.111. The van der Waals surface area contributed by atoms with Gasteiger partial charge in [-0.15, -0.1) is 5.10 Å². The van der Waals surface area contributed by atoms with E-state index < -0.39 is 5.97 Å². The minimum absolute atomic E-state index is 0.202. The van der Waals surface area contributed by atoms with Crippen LogP contribution in [0.1, 0.15) is 16.1 Å². The Morgan fingerprint density at radius 1 is 1.38 bits per heavy atom. The van der Waals surface area contributed by atoms with E-state index in [0.717, 1.165) is 32.0 Å². The first-order valence-electron chi connectivity index (χ1n) is 7.51. The van der Waals surface area contributed by atoms with Gasteiger partial charge in [-0.1, -0.05) is 5.21 Å². The van der Waals surface area contributed by atoms with Crippen molar-refractivity contribution in [3.63, 3.8) is 0 Å². The summed E-state index contributed by atoms with van der Waals surface area (Å²) in [6.45, 7) is 3.82. The summed E-state index contributed by atoms with van der Waals surface area (Å²) in [7, 11) is 1.32. The minimum atomic E-state index is -0.491. The van der Waals surface area contributed by atoms with Gasteiger partial charge >= 0.3 is 5.97 Å². The second kappa shape index (κ2) is 7.06. The molecule has 0 saturated carbocycles. The molecule has 9 nitrogen and oxygen atoms in total. The number of piperazine rings is 1. The summed E-state index contributed by atoms with van der Waals surface area (Å²) in [4.78, 5) is 20.1. The van der Waals surface area contributed by atoms with Crippen molar-refractivity contribution in [1.82, 2.24) is 24.9 Å². The third-order valence-corrected chi connectivity index (χ3v) is 3.85. The fourth-order valence-corrected chi connectivity index (χ4v) is 2.55. The molecule has 0 N–H and O–H groups in total. The van der Waals surface area contributed by atoms with E-state index in [-0.39, 0.29) is 5.69 Å². The molecule has 2 aromatic rings. The highest BCUT2D eigenvalue weighted by molar-refractivity contribution is 5.86. The molecule has 2 aromatic heterocycles. The van der Waals surface area contributed by atoms with E-state index in [2.05, 4.69) is 35.9 Å². The standard InChI is InChI=1S/C15H17N7O2/c1-24-15(23)13-10-22(19-18-13)11-20-4-6-21(7-5-20)14-8-12(9-16)2-3-17-14/h2-3,8,10H,4-7,11H2,1H3. The summed E-state index contributed by atoms with van der Waals surface area (Å²) < 4.78 is 6.24. The largest absolute Gasteiger partial charge is 0.464 e. The Kier molecular flexibility index (Phi) is 4.67. The van der Waals surface area contributed by atoms with Crippen molar-refractivity contribution in [3.8, 4) is 6.07 Å². The summed E-state index contributed by atoms with van der Waals surface area (Å²) >= 11 is 0. The fraction of sp³-hybridized carbons (Fsp3) is 0.400. The third-order valence-electron chi connectivity index (χ3n) is 3.85. The van der Waals surface area contributed by atoms with E-state index in [1.54, 1.807) is 29.2 Å². The fourth-order valence-electron chi connectivity index (χ4n) is 2.55. The Morgan fingerprint density at radius 3 is 2.88 bits per heavy atom. The summed E-state index contributed by atoms with van der Waals surface area (Å²) in [6, 6.07) is 5.63. The van der Waals surface area contributed by atoms with E-state index >= 15 is 0 Å². The van der Waals surface area contributed by atoms with E-state index in [0.29, 0.717) is 12.2 Å². The molecule has 9 heteroatoms. The normalized spacial score (nSPS) is 15.1. The highest BCUT2D eigenvalue weighted by Crippen LogP contribution is 2.15. The van der Waals surface area contributed by atoms with Gasteiger partial charge in [-0.2, -0.15) is 5.26 Å². The lowest BCUT2D eigenvalue weighted by Crippen LogP contribution is -2.47. The van der Waals surface area contributed by atoms with Crippen LogP contribution in [0.5, 0.6) is 0 Å². The quantitative estimate of drug-likeness (QED) is 0.730. The van der Waals surface area contributed by atoms with Gasteiger partial charge in [0.15, 0.2) is 5.69 Å². The molecular weight excluding hydrogens is 310 g/mol. The number of methoxy groups -OCH3 is 1. The number of carbonyl (C=O) groups is 1. The van der Waals surface area contributed by atoms with Gasteiger partial charge in [-0.25, -0.2) is 14.5 Å². The van der Waals surface area contributed by atoms with E-state index in [1.807, 2.05) is 0 Å². The molecule has 3 rings (SSSR count). The zero-order valence-corrected chi connectivity index (χ0v) is 13.3. The molecule has 24 heavy (non-hydrogen) atoms. The minimum Gasteiger partial charge on any atom is -0.464 e. The maximum absolute atomic E-state index is 11.4. The molecule has 0 radical (unpaired) electrons. The monoisotopic (exact) mass is 327 g/mol. The molecule has 0 aromatic carbocycles. The number of pyridine rings is 1. The van der Waals surface area contributed by atoms with Crippen molar-refractivity contribution < 1.29 is 9.53 Å². The van der Waals surface area contributed by atoms with Crippen molar-refractivity contribution in [3.05, 3.63) is 35.8 Å². The molecule has 0 aliphatic carbocycles. The molecule has 1 aliphatic rings. The van der Waals surface area contributed by atoms with Gasteiger partial charge in [0.1, 0.15) is 5.82 Å². The van der Waals surface area contributed by atoms with Gasteiger partial charge in [0.25, 0.3) is 0 Å². The predicted molar refractivity (Wildman–Crippen MR) is 84.1 cm³/mol. The maximum Gasteiger partial charge on any atom is 0.360 e. The van der Waals surface area contributed by atoms with Crippen LogP contribution >= 0.6 is 0 Å². The van der Waals surface area contributed by atoms with Crippen molar-refractivity contribution in [1.29, 1.82) is 5.26 Å². The molecule has 3 heterocycles. The van der Waals surface area contributed by atoms with Gasteiger partial charge in [0, 0.05) is 32.4 Å². The summed E-state index contributed by atoms with van der Waals surface area (Å²) in [6.07, 6.45) is 3.24. The van der Waals surface area contributed by atoms with Crippen LogP contribution in [0.3, 0.4) is 0 Å². The summed E-state index contributed by atoms with van der Waals surface area (Å²) in [5.41, 5.74) is 0.814. The Bertz CT molecular complexity index is 759. The number of carbonyl (C=O) groups excluding carboxylic acids is 1. The molecular formula is C15H17N7O2. The summed E-state index contributed by atoms with van der Waals surface area (Å²) in [5, 5.41) is 16.7. The first kappa shape index (κ1) is 15.9. The van der Waals surface area contributed by atoms with Crippen LogP contribution < -0.4 is 4.90 Å². The number of hydrogen-bond acceptors (Lipinski definition) is 8. The number of nitrogens with zero attached hydrogens (tertiary/aromatic N) is 7. The Morgan fingerprint density at radius 2 is 2.17 bits per heavy atom. The van der Waals surface area contributed by atoms with Crippen molar-refractivity contribution >= 4 is 11.8 Å². The van der Waals surface area contributed by atoms with Crippen molar-refractivity contribution in [2.45, 2.75) is 6.67 Å². The molecule has 0 spiro atoms. The lowest BCUT2D eigenvalue weighted by atomic mass is 10.2. The molecule has 124 valence electrons. The molecule has 0 amide bonds. The SMILES string of the molecule is COC(=O)c1cn(CN2CCN(c3cc(C#N)ccn3)CC2)nn1. The average molecular weight is 327 g/mol. The molecule has 0 atom stereocenters. The van der Waals surface area contributed by atoms with E-state index in [1.165, 1.54) is 7.11 Å². The number of ether oxygens (including phenoxy) is 1. The lowest BCUT2D eigenvalue weighted by Gasteiger charge is -2.35. The number of nitriles is 1. The Labute approximate surface area is 139 Å². The zero-order chi connectivity index (χ0) is 16.9. The van der Waals surface area contributed by atoms with Crippen LogP contribution in [0.4, 0.5) is 5.82 Å². The zero-order valence-electron chi connectivity index (χ0n) is 13.3. The highest BCUT2D eigenvalue weighted by atomic mass is 16.5. The number of hydrogen-bond donors (Lipinski definition) is 0. The highest BCUT2D eigenvalue weighted by Gasteiger charge is 2.19. The third kappa shape index (κ3) is 3.49. The Hall–Kier alpha value is -2.99. The number of anilines is 1. The average Bonchev–Trinajstić information content (AvgIpc) is 3.10. The summed E-state index contributed by atoms with van der Waals surface area (Å²) in [5.74, 6) is 0.331. The number of esters is 1. The molecule has 1 saturated heterocycles. The smallest absolute Gasteiger partial charge is 0.360 e. The van der Waals surface area contributed by atoms with Gasteiger partial charge in [-0.3, -0.25) is 4.90 Å². The van der Waals surface area contributed by atoms with Crippen LogP contribution in [0.2, 0.25) is 0 Å². The van der Waals surface area contributed by atoms with E-state index in [9.17, 15) is 4.79 Å². The van der Waals surface area contributed by atoms with Crippen LogP contribution in [0, 0.1) is 11.3 Å². The second-order valence-corrected chi connectivity index (χ2v) is 5.40. The topological polar surface area (TPSA) is 100 Å². The molecule has 1 fully saturated rings. The van der Waals surface area contributed by atoms with Gasteiger partial charge < -0.3 is 9.64 Å². The number of rotatable bonds is 4. The van der Waals surface area contributed by atoms with Gasteiger partial charge in [0.2, 0.25) is 0 Å². The maximum atomic E-state index is 11.4. The first-order valence-corrected chi connectivity index (χ1v) is 7.51. The number of aromatic nitrogens is 4. The first-order chi connectivity index (χ1) is 11.7. The molecule has 0 bridgehead atoms. The van der Waals surface area contributed by atoms with Crippen LogP contribution in [0.15, 0.2) is 24.5 Å². The van der Waals surface area contributed by atoms with E-state index in [4.69, 9.17) is 5.26 Å². The lowest BCUT2D eigenvalue weighted by molar-refractivity contribution is 0.0594. The van der Waals surface area contributed by atoms with Gasteiger partial charge in [-0.05, 0) is 12.1 Å². The Balaban J connectivity index is 1.56. The van der Waals surface area contributed by atoms with Gasteiger partial charge in [0.05, 0.1) is 31.6 Å². The van der Waals surface area contributed by atoms with Crippen LogP contribution in [-0.4, -0.2) is 64.1 Å².